The number of rotatable bonds is 9. The fourth-order valence-corrected chi connectivity index (χ4v) is 2.11. The number of hydrogen-bond donors (Lipinski definition) is 1. The van der Waals surface area contributed by atoms with Crippen molar-refractivity contribution < 1.29 is 4.74 Å². The molecular formula is C15H25BrN2O. The number of likely N-dealkylation sites (N-methyl/N-ethyl adjacent to an activating group) is 1. The largest absolute Gasteiger partial charge is 0.385 e. The van der Waals surface area contributed by atoms with Gasteiger partial charge in [0.2, 0.25) is 0 Å². The van der Waals surface area contributed by atoms with Crippen molar-refractivity contribution in [3.63, 3.8) is 0 Å². The van der Waals surface area contributed by atoms with Crippen LogP contribution in [0.15, 0.2) is 28.7 Å². The van der Waals surface area contributed by atoms with Crippen LogP contribution < -0.4 is 5.32 Å². The highest BCUT2D eigenvalue weighted by atomic mass is 79.9. The van der Waals surface area contributed by atoms with Gasteiger partial charge in [-0.15, -0.1) is 0 Å². The maximum Gasteiger partial charge on any atom is 0.0474 e. The summed E-state index contributed by atoms with van der Waals surface area (Å²) < 4.78 is 6.16. The van der Waals surface area contributed by atoms with Gasteiger partial charge in [-0.3, -0.25) is 4.90 Å². The minimum atomic E-state index is 0.520. The Morgan fingerprint density at radius 1 is 1.32 bits per heavy atom. The molecule has 0 saturated heterocycles. The molecule has 0 aliphatic heterocycles. The Morgan fingerprint density at radius 3 is 2.63 bits per heavy atom. The first kappa shape index (κ1) is 16.6. The monoisotopic (exact) mass is 328 g/mol. The summed E-state index contributed by atoms with van der Waals surface area (Å²) in [6.45, 7) is 6.09. The van der Waals surface area contributed by atoms with Crippen LogP contribution >= 0.6 is 15.9 Å². The van der Waals surface area contributed by atoms with Crippen molar-refractivity contribution in [3.05, 3.63) is 34.3 Å². The van der Waals surface area contributed by atoms with E-state index in [0.717, 1.165) is 37.1 Å². The van der Waals surface area contributed by atoms with Gasteiger partial charge in [-0.05, 0) is 44.6 Å². The van der Waals surface area contributed by atoms with Crippen LogP contribution in [-0.2, 0) is 11.3 Å². The molecule has 0 aliphatic carbocycles. The quantitative estimate of drug-likeness (QED) is 0.705. The van der Waals surface area contributed by atoms with Crippen LogP contribution in [0, 0.1) is 0 Å². The van der Waals surface area contributed by atoms with E-state index in [1.807, 2.05) is 0 Å². The van der Waals surface area contributed by atoms with Gasteiger partial charge in [0.15, 0.2) is 0 Å². The van der Waals surface area contributed by atoms with Crippen molar-refractivity contribution in [1.29, 1.82) is 0 Å². The smallest absolute Gasteiger partial charge is 0.0474 e. The number of nitrogens with one attached hydrogen (secondary N) is 1. The average Bonchev–Trinajstić information content (AvgIpc) is 2.41. The molecule has 0 fully saturated rings. The van der Waals surface area contributed by atoms with E-state index in [0.29, 0.717) is 6.04 Å². The molecule has 0 spiro atoms. The highest BCUT2D eigenvalue weighted by Gasteiger charge is 2.08. The Labute approximate surface area is 125 Å². The molecule has 4 heteroatoms. The summed E-state index contributed by atoms with van der Waals surface area (Å²) in [7, 11) is 3.91. The summed E-state index contributed by atoms with van der Waals surface area (Å²) in [6.07, 6.45) is 1.07. The molecule has 1 unspecified atom stereocenters. The van der Waals surface area contributed by atoms with E-state index < -0.39 is 0 Å². The zero-order chi connectivity index (χ0) is 14.1. The van der Waals surface area contributed by atoms with Crippen LogP contribution in [0.25, 0.3) is 0 Å². The van der Waals surface area contributed by atoms with Crippen LogP contribution in [0.2, 0.25) is 0 Å². The van der Waals surface area contributed by atoms with E-state index in [1.54, 1.807) is 7.11 Å². The zero-order valence-corrected chi connectivity index (χ0v) is 13.7. The molecule has 1 rings (SSSR count). The third kappa shape index (κ3) is 7.06. The highest BCUT2D eigenvalue weighted by Crippen LogP contribution is 2.12. The molecule has 1 atom stereocenters. The zero-order valence-electron chi connectivity index (χ0n) is 12.2. The summed E-state index contributed by atoms with van der Waals surface area (Å²) >= 11 is 3.46. The van der Waals surface area contributed by atoms with E-state index >= 15 is 0 Å². The van der Waals surface area contributed by atoms with Gasteiger partial charge in [-0.1, -0.05) is 28.1 Å². The Bertz CT molecular complexity index is 343. The van der Waals surface area contributed by atoms with E-state index in [2.05, 4.69) is 64.4 Å². The van der Waals surface area contributed by atoms with Gasteiger partial charge in [-0.25, -0.2) is 0 Å². The van der Waals surface area contributed by atoms with Gasteiger partial charge >= 0.3 is 0 Å². The number of methoxy groups -OCH3 is 1. The first-order chi connectivity index (χ1) is 9.13. The molecular weight excluding hydrogens is 304 g/mol. The highest BCUT2D eigenvalue weighted by molar-refractivity contribution is 9.10. The van der Waals surface area contributed by atoms with Crippen molar-refractivity contribution in [2.24, 2.45) is 0 Å². The summed E-state index contributed by atoms with van der Waals surface area (Å²) in [5.41, 5.74) is 1.34. The van der Waals surface area contributed by atoms with Crippen molar-refractivity contribution in [3.8, 4) is 0 Å². The molecule has 0 radical (unpaired) electrons. The second-order valence-corrected chi connectivity index (χ2v) is 5.86. The molecule has 0 saturated carbocycles. The lowest BCUT2D eigenvalue weighted by Crippen LogP contribution is -2.37. The van der Waals surface area contributed by atoms with Gasteiger partial charge in [0.1, 0.15) is 0 Å². The third-order valence-corrected chi connectivity index (χ3v) is 3.77. The van der Waals surface area contributed by atoms with Gasteiger partial charge in [0.05, 0.1) is 0 Å². The maximum atomic E-state index is 5.03. The second-order valence-electron chi connectivity index (χ2n) is 4.94. The van der Waals surface area contributed by atoms with Gasteiger partial charge in [-0.2, -0.15) is 0 Å². The standard InChI is InChI=1S/C15H25BrN2O/c1-13(11-17-9-4-10-19-3)18(2)12-14-5-7-15(16)8-6-14/h5-8,13,17H,4,9-12H2,1-3H3. The molecule has 1 aromatic rings. The Kier molecular flexibility index (Phi) is 8.30. The Hall–Kier alpha value is -0.420. The number of nitrogens with zero attached hydrogens (tertiary/aromatic N) is 1. The first-order valence-electron chi connectivity index (χ1n) is 6.78. The van der Waals surface area contributed by atoms with Crippen LogP contribution in [-0.4, -0.2) is 44.8 Å². The number of ether oxygens (including phenoxy) is 1. The van der Waals surface area contributed by atoms with E-state index in [1.165, 1.54) is 5.56 Å². The van der Waals surface area contributed by atoms with Crippen molar-refractivity contribution in [2.75, 3.05) is 33.9 Å². The molecule has 0 bridgehead atoms. The van der Waals surface area contributed by atoms with Crippen LogP contribution in [0.5, 0.6) is 0 Å². The van der Waals surface area contributed by atoms with Gasteiger partial charge in [0, 0.05) is 37.3 Å². The lowest BCUT2D eigenvalue weighted by atomic mass is 10.2. The predicted octanol–water partition coefficient (Wildman–Crippen LogP) is 2.90. The first-order valence-corrected chi connectivity index (χ1v) is 7.57. The number of hydrogen-bond acceptors (Lipinski definition) is 3. The molecule has 1 N–H and O–H groups in total. The third-order valence-electron chi connectivity index (χ3n) is 3.24. The Balaban J connectivity index is 2.24. The molecule has 0 aromatic heterocycles. The summed E-state index contributed by atoms with van der Waals surface area (Å²) in [5, 5.41) is 3.47. The lowest BCUT2D eigenvalue weighted by molar-refractivity contribution is 0.191. The minimum Gasteiger partial charge on any atom is -0.385 e. The van der Waals surface area contributed by atoms with Crippen LogP contribution in [0.3, 0.4) is 0 Å². The van der Waals surface area contributed by atoms with Crippen LogP contribution in [0.1, 0.15) is 18.9 Å². The van der Waals surface area contributed by atoms with Crippen molar-refractivity contribution in [2.45, 2.75) is 25.9 Å². The summed E-state index contributed by atoms with van der Waals surface area (Å²) in [6, 6.07) is 9.04. The van der Waals surface area contributed by atoms with Gasteiger partial charge in [0.25, 0.3) is 0 Å². The molecule has 19 heavy (non-hydrogen) atoms. The number of halogens is 1. The topological polar surface area (TPSA) is 24.5 Å². The Morgan fingerprint density at radius 2 is 2.00 bits per heavy atom. The second kappa shape index (κ2) is 9.48. The maximum absolute atomic E-state index is 5.03. The van der Waals surface area contributed by atoms with E-state index in [4.69, 9.17) is 4.74 Å². The fraction of sp³-hybridized carbons (Fsp3) is 0.600. The minimum absolute atomic E-state index is 0.520. The molecule has 0 heterocycles. The normalized spacial score (nSPS) is 12.9. The average molecular weight is 329 g/mol. The lowest BCUT2D eigenvalue weighted by Gasteiger charge is -2.25. The van der Waals surface area contributed by atoms with Crippen molar-refractivity contribution >= 4 is 15.9 Å². The molecule has 0 aliphatic rings. The molecule has 0 amide bonds. The van der Waals surface area contributed by atoms with Crippen LogP contribution in [0.4, 0.5) is 0 Å². The summed E-state index contributed by atoms with van der Waals surface area (Å²) in [5.74, 6) is 0. The molecule has 108 valence electrons. The van der Waals surface area contributed by atoms with E-state index in [9.17, 15) is 0 Å². The SMILES string of the molecule is COCCCNCC(C)N(C)Cc1ccc(Br)cc1. The molecule has 1 aromatic carbocycles. The van der Waals surface area contributed by atoms with Gasteiger partial charge < -0.3 is 10.1 Å². The summed E-state index contributed by atoms with van der Waals surface area (Å²) in [4.78, 5) is 2.37. The van der Waals surface area contributed by atoms with E-state index in [-0.39, 0.29) is 0 Å². The van der Waals surface area contributed by atoms with Crippen molar-refractivity contribution in [1.82, 2.24) is 10.2 Å². The predicted molar refractivity (Wildman–Crippen MR) is 84.4 cm³/mol. The molecule has 3 nitrogen and oxygen atoms in total. The fourth-order valence-electron chi connectivity index (χ4n) is 1.84. The number of benzene rings is 1.